The van der Waals surface area contributed by atoms with E-state index in [4.69, 9.17) is 0 Å². The van der Waals surface area contributed by atoms with Gasteiger partial charge in [0.2, 0.25) is 5.91 Å². The van der Waals surface area contributed by atoms with E-state index in [-0.39, 0.29) is 5.92 Å². The van der Waals surface area contributed by atoms with Gasteiger partial charge in [0.1, 0.15) is 5.82 Å². The third-order valence-electron chi connectivity index (χ3n) is 5.20. The second kappa shape index (κ2) is 6.37. The minimum atomic E-state index is 0.172. The van der Waals surface area contributed by atoms with Crippen LogP contribution < -0.4 is 5.32 Å². The normalized spacial score (nSPS) is 24.0. The molecule has 1 aliphatic heterocycles. The van der Waals surface area contributed by atoms with E-state index in [0.29, 0.717) is 11.9 Å². The zero-order valence-corrected chi connectivity index (χ0v) is 14.1. The van der Waals surface area contributed by atoms with Gasteiger partial charge in [-0.05, 0) is 44.2 Å². The van der Waals surface area contributed by atoms with Crippen molar-refractivity contribution in [3.63, 3.8) is 0 Å². The maximum absolute atomic E-state index is 12.5. The van der Waals surface area contributed by atoms with Crippen molar-refractivity contribution >= 4 is 17.4 Å². The van der Waals surface area contributed by atoms with Crippen LogP contribution in [0.5, 0.6) is 0 Å². The molecule has 0 bridgehead atoms. The number of carbonyl (C=O) groups excluding carboxylic acids is 1. The summed E-state index contributed by atoms with van der Waals surface area (Å²) in [6.07, 6.45) is 6.01. The number of aryl methyl sites for hydroxylation is 1. The molecule has 2 aliphatic rings. The number of rotatable bonds is 4. The molecule has 1 amide bonds. The summed E-state index contributed by atoms with van der Waals surface area (Å²) >= 11 is 0. The number of amides is 1. The van der Waals surface area contributed by atoms with Crippen LogP contribution in [0.25, 0.3) is 5.65 Å². The summed E-state index contributed by atoms with van der Waals surface area (Å²) in [5.74, 6) is 2.22. The topological polar surface area (TPSA) is 75.4 Å². The first-order chi connectivity index (χ1) is 11.7. The lowest BCUT2D eigenvalue weighted by Gasteiger charge is -2.20. The van der Waals surface area contributed by atoms with Gasteiger partial charge in [-0.25, -0.2) is 0 Å². The number of hydrogen-bond donors (Lipinski definition) is 1. The highest BCUT2D eigenvalue weighted by Crippen LogP contribution is 2.30. The number of carbonyl (C=O) groups is 1. The molecular formula is C17H24N6O. The molecule has 2 atom stereocenters. The Bertz CT molecular complexity index is 736. The lowest BCUT2D eigenvalue weighted by molar-refractivity contribution is -0.134. The highest BCUT2D eigenvalue weighted by Gasteiger charge is 2.33. The molecule has 7 nitrogen and oxygen atoms in total. The maximum atomic E-state index is 12.5. The lowest BCUT2D eigenvalue weighted by Crippen LogP contribution is -2.33. The molecule has 4 rings (SSSR count). The quantitative estimate of drug-likeness (QED) is 0.927. The summed E-state index contributed by atoms with van der Waals surface area (Å²) in [6, 6.07) is 4.19. The number of fused-ring (bicyclic) bond motifs is 1. The molecule has 1 saturated heterocycles. The predicted octanol–water partition coefficient (Wildman–Crippen LogP) is 1.89. The van der Waals surface area contributed by atoms with Crippen molar-refractivity contribution in [2.75, 3.05) is 18.4 Å². The fourth-order valence-corrected chi connectivity index (χ4v) is 3.87. The molecule has 1 aliphatic carbocycles. The number of aromatic nitrogens is 4. The Hall–Kier alpha value is -2.18. The van der Waals surface area contributed by atoms with Crippen molar-refractivity contribution in [1.82, 2.24) is 24.7 Å². The van der Waals surface area contributed by atoms with Crippen molar-refractivity contribution in [2.45, 2.75) is 51.5 Å². The molecule has 1 N–H and O–H groups in total. The van der Waals surface area contributed by atoms with Crippen molar-refractivity contribution in [1.29, 1.82) is 0 Å². The summed E-state index contributed by atoms with van der Waals surface area (Å²) in [7, 11) is 0. The van der Waals surface area contributed by atoms with Gasteiger partial charge in [-0.2, -0.15) is 4.52 Å². The molecular weight excluding hydrogens is 304 g/mol. The first kappa shape index (κ1) is 15.4. The summed E-state index contributed by atoms with van der Waals surface area (Å²) < 4.78 is 1.80. The Balaban J connectivity index is 1.41. The van der Waals surface area contributed by atoms with Crippen LogP contribution in [0, 0.1) is 5.92 Å². The third kappa shape index (κ3) is 2.83. The van der Waals surface area contributed by atoms with Gasteiger partial charge in [0, 0.05) is 31.5 Å². The highest BCUT2D eigenvalue weighted by molar-refractivity contribution is 5.79. The fraction of sp³-hybridized carbons (Fsp3) is 0.647. The molecule has 0 spiro atoms. The molecule has 3 heterocycles. The molecule has 0 radical (unpaired) electrons. The summed E-state index contributed by atoms with van der Waals surface area (Å²) in [5, 5.41) is 16.3. The second-order valence-corrected chi connectivity index (χ2v) is 6.84. The van der Waals surface area contributed by atoms with Crippen molar-refractivity contribution in [2.24, 2.45) is 5.92 Å². The molecule has 1 saturated carbocycles. The number of hydrogen-bond acceptors (Lipinski definition) is 5. The van der Waals surface area contributed by atoms with Crippen LogP contribution in [0.1, 0.15) is 44.9 Å². The first-order valence-electron chi connectivity index (χ1n) is 9.01. The molecule has 0 unspecified atom stereocenters. The van der Waals surface area contributed by atoms with E-state index in [0.717, 1.165) is 68.9 Å². The van der Waals surface area contributed by atoms with E-state index in [1.54, 1.807) is 4.52 Å². The Morgan fingerprint density at radius 2 is 2.08 bits per heavy atom. The molecule has 2 fully saturated rings. The molecule has 24 heavy (non-hydrogen) atoms. The van der Waals surface area contributed by atoms with Gasteiger partial charge < -0.3 is 10.2 Å². The van der Waals surface area contributed by atoms with Gasteiger partial charge in [0.25, 0.3) is 0 Å². The maximum Gasteiger partial charge on any atom is 0.225 e. The average Bonchev–Trinajstić information content (AvgIpc) is 3.34. The van der Waals surface area contributed by atoms with Crippen LogP contribution in [0.15, 0.2) is 12.1 Å². The van der Waals surface area contributed by atoms with E-state index in [1.807, 2.05) is 24.0 Å². The van der Waals surface area contributed by atoms with Crippen molar-refractivity contribution in [3.05, 3.63) is 18.0 Å². The van der Waals surface area contributed by atoms with Crippen LogP contribution in [-0.2, 0) is 11.2 Å². The Morgan fingerprint density at radius 3 is 2.88 bits per heavy atom. The molecule has 0 aromatic carbocycles. The summed E-state index contributed by atoms with van der Waals surface area (Å²) in [6.45, 7) is 3.93. The fourth-order valence-electron chi connectivity index (χ4n) is 3.87. The van der Waals surface area contributed by atoms with Crippen LogP contribution in [0.3, 0.4) is 0 Å². The van der Waals surface area contributed by atoms with Crippen LogP contribution >= 0.6 is 0 Å². The SMILES string of the molecule is CCc1nnc2ccc(N[C@H]3CC[C@@H](C(=O)N4CCCC4)C3)nn12. The third-order valence-corrected chi connectivity index (χ3v) is 5.20. The zero-order valence-electron chi connectivity index (χ0n) is 14.1. The van der Waals surface area contributed by atoms with Gasteiger partial charge in [-0.15, -0.1) is 15.3 Å². The van der Waals surface area contributed by atoms with E-state index in [1.165, 1.54) is 0 Å². The van der Waals surface area contributed by atoms with Gasteiger partial charge in [0.05, 0.1) is 0 Å². The number of nitrogens with one attached hydrogen (secondary N) is 1. The second-order valence-electron chi connectivity index (χ2n) is 6.84. The lowest BCUT2D eigenvalue weighted by atomic mass is 10.1. The van der Waals surface area contributed by atoms with Gasteiger partial charge in [0.15, 0.2) is 11.5 Å². The Morgan fingerprint density at radius 1 is 1.25 bits per heavy atom. The van der Waals surface area contributed by atoms with Crippen LogP contribution in [0.4, 0.5) is 5.82 Å². The summed E-state index contributed by atoms with van der Waals surface area (Å²) in [4.78, 5) is 14.6. The molecule has 2 aromatic rings. The number of anilines is 1. The number of likely N-dealkylation sites (tertiary alicyclic amines) is 1. The summed E-state index contributed by atoms with van der Waals surface area (Å²) in [5.41, 5.74) is 0.769. The standard InChI is InChI=1S/C17H24N6O/c1-2-15-19-20-16-8-7-14(21-23(15)16)18-13-6-5-12(11-13)17(24)22-9-3-4-10-22/h7-8,12-13H,2-6,9-11H2,1H3,(H,18,21)/t12-,13+/m1/s1. The van der Waals surface area contributed by atoms with Gasteiger partial charge in [-0.1, -0.05) is 6.92 Å². The van der Waals surface area contributed by atoms with Crippen LogP contribution in [-0.4, -0.2) is 49.7 Å². The van der Waals surface area contributed by atoms with E-state index in [9.17, 15) is 4.79 Å². The predicted molar refractivity (Wildman–Crippen MR) is 90.7 cm³/mol. The monoisotopic (exact) mass is 328 g/mol. The Labute approximate surface area is 141 Å². The highest BCUT2D eigenvalue weighted by atomic mass is 16.2. The van der Waals surface area contributed by atoms with Gasteiger partial charge >= 0.3 is 0 Å². The average molecular weight is 328 g/mol. The van der Waals surface area contributed by atoms with Crippen LogP contribution in [0.2, 0.25) is 0 Å². The van der Waals surface area contributed by atoms with E-state index >= 15 is 0 Å². The molecule has 128 valence electrons. The zero-order chi connectivity index (χ0) is 16.5. The first-order valence-corrected chi connectivity index (χ1v) is 9.01. The van der Waals surface area contributed by atoms with E-state index < -0.39 is 0 Å². The molecule has 2 aromatic heterocycles. The van der Waals surface area contributed by atoms with E-state index in [2.05, 4.69) is 20.6 Å². The minimum Gasteiger partial charge on any atom is -0.366 e. The minimum absolute atomic E-state index is 0.172. The smallest absolute Gasteiger partial charge is 0.225 e. The Kier molecular flexibility index (Phi) is 4.08. The number of nitrogens with zero attached hydrogens (tertiary/aromatic N) is 5. The largest absolute Gasteiger partial charge is 0.366 e. The van der Waals surface area contributed by atoms with Gasteiger partial charge in [-0.3, -0.25) is 4.79 Å². The molecule has 7 heteroatoms. The van der Waals surface area contributed by atoms with Crippen molar-refractivity contribution in [3.8, 4) is 0 Å². The van der Waals surface area contributed by atoms with Crippen molar-refractivity contribution < 1.29 is 4.79 Å².